The Balaban J connectivity index is 1.40. The number of furan rings is 1. The first-order valence-electron chi connectivity index (χ1n) is 15.6. The topological polar surface area (TPSA) is 73.8 Å². The van der Waals surface area contributed by atoms with Gasteiger partial charge in [0.15, 0.2) is 11.5 Å². The predicted octanol–water partition coefficient (Wildman–Crippen LogP) is 11.5. The van der Waals surface area contributed by atoms with Crippen LogP contribution in [0.2, 0.25) is 0 Å². The summed E-state index contributed by atoms with van der Waals surface area (Å²) in [5.74, 6) is -0.663. The van der Waals surface area contributed by atoms with Crippen LogP contribution in [0.25, 0.3) is 87.6 Å². The molecule has 4 nitrogen and oxygen atoms in total. The van der Waals surface area contributed by atoms with Crippen LogP contribution in [-0.2, 0) is 0 Å². The monoisotopic (exact) mass is 608 g/mol. The number of benzene rings is 8. The second-order valence-electron chi connectivity index (χ2n) is 12.1. The van der Waals surface area contributed by atoms with Gasteiger partial charge in [0.05, 0.1) is 0 Å². The zero-order valence-electron chi connectivity index (χ0n) is 25.5. The Hall–Kier alpha value is -6.26. The van der Waals surface area contributed by atoms with Crippen LogP contribution < -0.4 is 0 Å². The molecular weight excluding hydrogens is 580 g/mol. The summed E-state index contributed by atoms with van der Waals surface area (Å²) in [4.78, 5) is 0. The lowest BCUT2D eigenvalue weighted by Gasteiger charge is -2.22. The van der Waals surface area contributed by atoms with Crippen LogP contribution in [-0.4, -0.2) is 15.3 Å². The van der Waals surface area contributed by atoms with Crippen molar-refractivity contribution >= 4 is 54.3 Å². The van der Waals surface area contributed by atoms with E-state index in [1.54, 1.807) is 6.92 Å². The third-order valence-electron chi connectivity index (χ3n) is 9.55. The number of phenols is 3. The Morgan fingerprint density at radius 1 is 0.404 bits per heavy atom. The highest BCUT2D eigenvalue weighted by atomic mass is 16.3. The van der Waals surface area contributed by atoms with Crippen molar-refractivity contribution in [3.05, 3.63) is 139 Å². The normalized spacial score (nSPS) is 11.8. The maximum Gasteiger partial charge on any atom is 0.166 e. The Morgan fingerprint density at radius 3 is 1.68 bits per heavy atom. The fourth-order valence-corrected chi connectivity index (χ4v) is 7.33. The molecule has 3 N–H and O–H groups in total. The minimum absolute atomic E-state index is 0.0662. The molecule has 0 aliphatic rings. The number of aromatic hydroxyl groups is 3. The highest BCUT2D eigenvalue weighted by molar-refractivity contribution is 6.24. The first kappa shape index (κ1) is 27.1. The fourth-order valence-electron chi connectivity index (χ4n) is 7.33. The third-order valence-corrected chi connectivity index (χ3v) is 9.55. The molecule has 9 rings (SSSR count). The Bertz CT molecular complexity index is 2660. The summed E-state index contributed by atoms with van der Waals surface area (Å²) in [5.41, 5.74) is 6.36. The van der Waals surface area contributed by atoms with Crippen molar-refractivity contribution in [3.63, 3.8) is 0 Å². The van der Waals surface area contributed by atoms with Crippen LogP contribution in [0.1, 0.15) is 5.56 Å². The SMILES string of the molecule is Cc1c(O)c(O)c(-c2c3ccccc3c(-c3ccc4oc5c6ccccc6ccc5c4c3)c3ccccc23)c(-c2ccccc2)c1O. The summed E-state index contributed by atoms with van der Waals surface area (Å²) in [6.45, 7) is 1.61. The van der Waals surface area contributed by atoms with Crippen molar-refractivity contribution in [1.82, 2.24) is 0 Å². The summed E-state index contributed by atoms with van der Waals surface area (Å²) in [7, 11) is 0. The van der Waals surface area contributed by atoms with Crippen LogP contribution in [0, 0.1) is 6.92 Å². The van der Waals surface area contributed by atoms with Crippen LogP contribution in [0.5, 0.6) is 17.2 Å². The van der Waals surface area contributed by atoms with Crippen molar-refractivity contribution in [2.24, 2.45) is 0 Å². The lowest BCUT2D eigenvalue weighted by molar-refractivity contribution is 0.394. The van der Waals surface area contributed by atoms with Gasteiger partial charge in [-0.05, 0) is 68.7 Å². The Kier molecular flexibility index (Phi) is 5.84. The minimum Gasteiger partial charge on any atom is -0.507 e. The van der Waals surface area contributed by atoms with Crippen LogP contribution in [0.15, 0.2) is 138 Å². The van der Waals surface area contributed by atoms with E-state index in [0.717, 1.165) is 76.5 Å². The van der Waals surface area contributed by atoms with Crippen molar-refractivity contribution in [3.8, 4) is 50.6 Å². The van der Waals surface area contributed by atoms with E-state index in [1.807, 2.05) is 84.9 Å². The van der Waals surface area contributed by atoms with E-state index in [2.05, 4.69) is 48.5 Å². The van der Waals surface area contributed by atoms with Crippen LogP contribution in [0.4, 0.5) is 0 Å². The minimum atomic E-state index is -0.334. The molecule has 224 valence electrons. The summed E-state index contributed by atoms with van der Waals surface area (Å²) < 4.78 is 6.43. The van der Waals surface area contributed by atoms with Gasteiger partial charge in [-0.25, -0.2) is 0 Å². The van der Waals surface area contributed by atoms with Gasteiger partial charge >= 0.3 is 0 Å². The smallest absolute Gasteiger partial charge is 0.166 e. The molecule has 0 saturated carbocycles. The Labute approximate surface area is 270 Å². The summed E-state index contributed by atoms with van der Waals surface area (Å²) in [6, 6.07) is 44.7. The van der Waals surface area contributed by atoms with Gasteiger partial charge < -0.3 is 19.7 Å². The zero-order chi connectivity index (χ0) is 31.8. The van der Waals surface area contributed by atoms with Gasteiger partial charge in [-0.2, -0.15) is 0 Å². The molecule has 0 aliphatic carbocycles. The molecule has 1 heterocycles. The molecule has 0 spiro atoms. The lowest BCUT2D eigenvalue weighted by Crippen LogP contribution is -1.95. The highest BCUT2D eigenvalue weighted by Crippen LogP contribution is 2.55. The van der Waals surface area contributed by atoms with Gasteiger partial charge in [0.1, 0.15) is 16.9 Å². The first-order valence-corrected chi connectivity index (χ1v) is 15.6. The van der Waals surface area contributed by atoms with Gasteiger partial charge in [0.25, 0.3) is 0 Å². The molecule has 4 heteroatoms. The second-order valence-corrected chi connectivity index (χ2v) is 12.1. The zero-order valence-corrected chi connectivity index (χ0v) is 25.5. The lowest BCUT2D eigenvalue weighted by atomic mass is 9.82. The molecule has 0 atom stereocenters. The summed E-state index contributed by atoms with van der Waals surface area (Å²) in [5, 5.41) is 42.4. The van der Waals surface area contributed by atoms with E-state index >= 15 is 0 Å². The second kappa shape index (κ2) is 10.1. The number of rotatable bonds is 3. The third kappa shape index (κ3) is 3.88. The summed E-state index contributed by atoms with van der Waals surface area (Å²) in [6.07, 6.45) is 0. The van der Waals surface area contributed by atoms with Crippen LogP contribution >= 0.6 is 0 Å². The Morgan fingerprint density at radius 2 is 1.00 bits per heavy atom. The molecule has 0 unspecified atom stereocenters. The van der Waals surface area contributed by atoms with Crippen molar-refractivity contribution in [1.29, 1.82) is 0 Å². The standard InChI is InChI=1S/C43H28O4/c1-24-40(44)37(26-12-3-2-4-13-26)39(42(46)41(24)45)38-31-17-9-7-15-29(31)36(30-16-8-10-18-32(30)38)27-20-22-35-34(23-27)33-21-19-25-11-5-6-14-28(25)43(33)47-35/h2-23,44-46H,1H3. The van der Waals surface area contributed by atoms with Crippen molar-refractivity contribution in [2.75, 3.05) is 0 Å². The molecule has 47 heavy (non-hydrogen) atoms. The van der Waals surface area contributed by atoms with E-state index in [9.17, 15) is 15.3 Å². The molecule has 0 bridgehead atoms. The maximum absolute atomic E-state index is 11.7. The predicted molar refractivity (Wildman–Crippen MR) is 192 cm³/mol. The molecule has 8 aromatic carbocycles. The largest absolute Gasteiger partial charge is 0.507 e. The van der Waals surface area contributed by atoms with E-state index in [4.69, 9.17) is 4.42 Å². The van der Waals surface area contributed by atoms with Gasteiger partial charge in [-0.3, -0.25) is 0 Å². The molecule has 0 aliphatic heterocycles. The van der Waals surface area contributed by atoms with Crippen molar-refractivity contribution in [2.45, 2.75) is 6.92 Å². The van der Waals surface area contributed by atoms with Gasteiger partial charge in [0, 0.05) is 38.4 Å². The molecule has 9 aromatic rings. The number of hydrogen-bond donors (Lipinski definition) is 3. The van der Waals surface area contributed by atoms with E-state index in [0.29, 0.717) is 11.1 Å². The number of phenolic OH excluding ortho intramolecular Hbond substituents is 3. The quantitative estimate of drug-likeness (QED) is 0.106. The van der Waals surface area contributed by atoms with Gasteiger partial charge in [-0.1, -0.05) is 115 Å². The maximum atomic E-state index is 11.7. The van der Waals surface area contributed by atoms with Gasteiger partial charge in [-0.15, -0.1) is 0 Å². The van der Waals surface area contributed by atoms with E-state index in [1.165, 1.54) is 0 Å². The average molecular weight is 609 g/mol. The molecule has 0 amide bonds. The first-order chi connectivity index (χ1) is 23.0. The molecule has 0 fully saturated rings. The number of fused-ring (bicyclic) bond motifs is 7. The van der Waals surface area contributed by atoms with Crippen molar-refractivity contribution < 1.29 is 19.7 Å². The highest BCUT2D eigenvalue weighted by Gasteiger charge is 2.27. The average Bonchev–Trinajstić information content (AvgIpc) is 3.50. The van der Waals surface area contributed by atoms with Crippen LogP contribution in [0.3, 0.4) is 0 Å². The fraction of sp³-hybridized carbons (Fsp3) is 0.0233. The molecule has 0 saturated heterocycles. The molecule has 1 aromatic heterocycles. The van der Waals surface area contributed by atoms with E-state index < -0.39 is 0 Å². The number of hydrogen-bond acceptors (Lipinski definition) is 4. The summed E-state index contributed by atoms with van der Waals surface area (Å²) >= 11 is 0. The molecular formula is C43H28O4. The van der Waals surface area contributed by atoms with Gasteiger partial charge in [0.2, 0.25) is 0 Å². The molecule has 0 radical (unpaired) electrons. The van der Waals surface area contributed by atoms with E-state index in [-0.39, 0.29) is 22.8 Å².